The maximum atomic E-state index is 12.9. The molecular weight excluding hydrogens is 364 g/mol. The van der Waals surface area contributed by atoms with Crippen LogP contribution in [0.25, 0.3) is 0 Å². The van der Waals surface area contributed by atoms with Gasteiger partial charge in [0, 0.05) is 12.3 Å². The van der Waals surface area contributed by atoms with Crippen LogP contribution in [0.5, 0.6) is 0 Å². The first-order valence-electron chi connectivity index (χ1n) is 9.58. The zero-order valence-electron chi connectivity index (χ0n) is 16.3. The summed E-state index contributed by atoms with van der Waals surface area (Å²) in [6, 6.07) is 8.64. The molecule has 3 rings (SSSR count). The Bertz CT molecular complexity index is 743. The van der Waals surface area contributed by atoms with E-state index < -0.39 is 15.6 Å². The van der Waals surface area contributed by atoms with Gasteiger partial charge in [-0.15, -0.1) is 6.58 Å². The average molecular weight is 395 g/mol. The van der Waals surface area contributed by atoms with Crippen molar-refractivity contribution in [2.75, 3.05) is 12.4 Å². The minimum absolute atomic E-state index is 0.0266. The first kappa shape index (κ1) is 20.5. The average Bonchev–Trinajstić information content (AvgIpc) is 3.10. The van der Waals surface area contributed by atoms with Gasteiger partial charge in [0.05, 0.1) is 35.6 Å². The second-order valence-corrected chi connectivity index (χ2v) is 10.1. The Hall–Kier alpha value is -1.21. The lowest BCUT2D eigenvalue weighted by molar-refractivity contribution is -0.142. The Kier molecular flexibility index (Phi) is 6.11. The summed E-state index contributed by atoms with van der Waals surface area (Å²) in [5, 5.41) is 0. The van der Waals surface area contributed by atoms with Gasteiger partial charge in [-0.1, -0.05) is 31.2 Å². The van der Waals surface area contributed by atoms with E-state index in [0.29, 0.717) is 24.3 Å². The molecule has 2 saturated heterocycles. The quantitative estimate of drug-likeness (QED) is 0.661. The Morgan fingerprint density at radius 2 is 1.93 bits per heavy atom. The number of hydrogen-bond donors (Lipinski definition) is 0. The SMILES string of the molecule is C=CC[C@@H]1O[C@H](C[C@H]2COC(C)(C)O2)[C@H](C)[C@H]1CS(=O)(=O)c1ccccc1. The van der Waals surface area contributed by atoms with Crippen LogP contribution >= 0.6 is 0 Å². The van der Waals surface area contributed by atoms with Crippen LogP contribution in [0.2, 0.25) is 0 Å². The first-order chi connectivity index (χ1) is 12.7. The second kappa shape index (κ2) is 8.03. The Morgan fingerprint density at radius 3 is 2.52 bits per heavy atom. The molecule has 0 saturated carbocycles. The van der Waals surface area contributed by atoms with Gasteiger partial charge in [-0.3, -0.25) is 0 Å². The van der Waals surface area contributed by atoms with Gasteiger partial charge in [-0.25, -0.2) is 8.42 Å². The molecule has 0 spiro atoms. The van der Waals surface area contributed by atoms with Crippen molar-refractivity contribution in [1.82, 2.24) is 0 Å². The number of rotatable bonds is 7. The van der Waals surface area contributed by atoms with Crippen molar-refractivity contribution in [1.29, 1.82) is 0 Å². The summed E-state index contributed by atoms with van der Waals surface area (Å²) in [7, 11) is -3.37. The fraction of sp³-hybridized carbons (Fsp3) is 0.619. The van der Waals surface area contributed by atoms with Crippen molar-refractivity contribution in [3.05, 3.63) is 43.0 Å². The van der Waals surface area contributed by atoms with Crippen LogP contribution in [0.4, 0.5) is 0 Å². The van der Waals surface area contributed by atoms with E-state index in [9.17, 15) is 8.42 Å². The summed E-state index contributed by atoms with van der Waals surface area (Å²) in [6.45, 7) is 10.2. The zero-order chi connectivity index (χ0) is 19.7. The van der Waals surface area contributed by atoms with Crippen LogP contribution in [0, 0.1) is 11.8 Å². The highest BCUT2D eigenvalue weighted by Gasteiger charge is 2.45. The van der Waals surface area contributed by atoms with Crippen molar-refractivity contribution < 1.29 is 22.6 Å². The third-order valence-electron chi connectivity index (χ3n) is 5.56. The molecule has 0 bridgehead atoms. The van der Waals surface area contributed by atoms with Crippen molar-refractivity contribution in [3.8, 4) is 0 Å². The molecule has 1 aromatic rings. The predicted octanol–water partition coefficient (Wildman–Crippen LogP) is 3.60. The number of benzene rings is 1. The highest BCUT2D eigenvalue weighted by molar-refractivity contribution is 7.91. The largest absolute Gasteiger partial charge is 0.374 e. The molecule has 2 aliphatic rings. The minimum Gasteiger partial charge on any atom is -0.374 e. The maximum Gasteiger partial charge on any atom is 0.178 e. The topological polar surface area (TPSA) is 61.8 Å². The van der Waals surface area contributed by atoms with Crippen LogP contribution in [0.3, 0.4) is 0 Å². The molecule has 0 N–H and O–H groups in total. The summed E-state index contributed by atoms with van der Waals surface area (Å²) in [4.78, 5) is 0.368. The lowest BCUT2D eigenvalue weighted by Crippen LogP contribution is -2.29. The van der Waals surface area contributed by atoms with Crippen LogP contribution in [-0.4, -0.2) is 44.9 Å². The van der Waals surface area contributed by atoms with Gasteiger partial charge in [0.15, 0.2) is 15.6 Å². The van der Waals surface area contributed by atoms with Gasteiger partial charge in [-0.2, -0.15) is 0 Å². The second-order valence-electron chi connectivity index (χ2n) is 8.04. The molecule has 2 fully saturated rings. The van der Waals surface area contributed by atoms with Crippen molar-refractivity contribution in [2.45, 2.75) is 62.6 Å². The van der Waals surface area contributed by atoms with Gasteiger partial charge in [-0.05, 0) is 38.3 Å². The maximum absolute atomic E-state index is 12.9. The summed E-state index contributed by atoms with van der Waals surface area (Å²) in [6.07, 6.45) is 2.94. The lowest BCUT2D eigenvalue weighted by Gasteiger charge is -2.22. The molecule has 150 valence electrons. The van der Waals surface area contributed by atoms with E-state index in [4.69, 9.17) is 14.2 Å². The predicted molar refractivity (Wildman–Crippen MR) is 104 cm³/mol. The van der Waals surface area contributed by atoms with Gasteiger partial charge in [0.1, 0.15) is 0 Å². The third-order valence-corrected chi connectivity index (χ3v) is 7.38. The van der Waals surface area contributed by atoms with Crippen LogP contribution in [0.1, 0.15) is 33.6 Å². The van der Waals surface area contributed by atoms with Crippen LogP contribution in [0.15, 0.2) is 47.9 Å². The molecule has 0 unspecified atom stereocenters. The molecule has 5 atom stereocenters. The van der Waals surface area contributed by atoms with E-state index in [-0.39, 0.29) is 35.9 Å². The molecular formula is C21H30O5S. The summed E-state index contributed by atoms with van der Waals surface area (Å²) in [5.74, 6) is -0.446. The fourth-order valence-corrected chi connectivity index (χ4v) is 5.89. The molecule has 0 aromatic heterocycles. The van der Waals surface area contributed by atoms with E-state index in [2.05, 4.69) is 13.5 Å². The van der Waals surface area contributed by atoms with E-state index in [1.807, 2.05) is 19.9 Å². The molecule has 6 heteroatoms. The van der Waals surface area contributed by atoms with Crippen molar-refractivity contribution in [2.24, 2.45) is 11.8 Å². The molecule has 0 amide bonds. The molecule has 2 heterocycles. The number of sulfone groups is 1. The normalized spacial score (nSPS) is 33.2. The molecule has 0 aliphatic carbocycles. The summed E-state index contributed by atoms with van der Waals surface area (Å²) >= 11 is 0. The van der Waals surface area contributed by atoms with Crippen molar-refractivity contribution in [3.63, 3.8) is 0 Å². The first-order valence-corrected chi connectivity index (χ1v) is 11.2. The Morgan fingerprint density at radius 1 is 1.22 bits per heavy atom. The van der Waals surface area contributed by atoms with E-state index >= 15 is 0 Å². The smallest absolute Gasteiger partial charge is 0.178 e. The monoisotopic (exact) mass is 394 g/mol. The van der Waals surface area contributed by atoms with Gasteiger partial charge < -0.3 is 14.2 Å². The van der Waals surface area contributed by atoms with Crippen LogP contribution < -0.4 is 0 Å². The minimum atomic E-state index is -3.37. The standard InChI is InChI=1S/C21H30O5S/c1-5-9-19-18(14-27(22,23)17-10-7-6-8-11-17)15(2)20(25-19)12-16-13-24-21(3,4)26-16/h5-8,10-11,15-16,18-20H,1,9,12-14H2,2-4H3/t15-,16+,18-,19+,20-/m1/s1. The molecule has 0 radical (unpaired) electrons. The van der Waals surface area contributed by atoms with Crippen LogP contribution in [-0.2, 0) is 24.0 Å². The van der Waals surface area contributed by atoms with Crippen molar-refractivity contribution >= 4 is 9.84 Å². The highest BCUT2D eigenvalue weighted by Crippen LogP contribution is 2.39. The zero-order valence-corrected chi connectivity index (χ0v) is 17.2. The summed E-state index contributed by atoms with van der Waals surface area (Å²) in [5.41, 5.74) is 0. The third kappa shape index (κ3) is 4.80. The van der Waals surface area contributed by atoms with E-state index in [1.165, 1.54) is 0 Å². The Balaban J connectivity index is 1.72. The molecule has 2 aliphatic heterocycles. The number of ether oxygens (including phenoxy) is 3. The van der Waals surface area contributed by atoms with E-state index in [1.54, 1.807) is 30.3 Å². The lowest BCUT2D eigenvalue weighted by atomic mass is 9.87. The Labute approximate surface area is 162 Å². The fourth-order valence-electron chi connectivity index (χ4n) is 4.10. The molecule has 27 heavy (non-hydrogen) atoms. The summed E-state index contributed by atoms with van der Waals surface area (Å²) < 4.78 is 43.6. The van der Waals surface area contributed by atoms with Gasteiger partial charge in [0.2, 0.25) is 0 Å². The van der Waals surface area contributed by atoms with Gasteiger partial charge >= 0.3 is 0 Å². The van der Waals surface area contributed by atoms with Gasteiger partial charge in [0.25, 0.3) is 0 Å². The highest BCUT2D eigenvalue weighted by atomic mass is 32.2. The molecule has 5 nitrogen and oxygen atoms in total. The molecule has 1 aromatic carbocycles. The number of hydrogen-bond acceptors (Lipinski definition) is 5. The van der Waals surface area contributed by atoms with E-state index in [0.717, 1.165) is 0 Å².